The first kappa shape index (κ1) is 16.1. The third-order valence-electron chi connectivity index (χ3n) is 3.72. The zero-order chi connectivity index (χ0) is 15.2. The highest BCUT2D eigenvalue weighted by Gasteiger charge is 2.10. The van der Waals surface area contributed by atoms with E-state index in [1.54, 1.807) is 7.11 Å². The van der Waals surface area contributed by atoms with Gasteiger partial charge in [0.1, 0.15) is 5.75 Å². The van der Waals surface area contributed by atoms with Crippen molar-refractivity contribution in [2.24, 2.45) is 0 Å². The molecule has 0 fully saturated rings. The normalized spacial score (nSPS) is 12.2. The number of benzene rings is 2. The van der Waals surface area contributed by atoms with E-state index in [1.807, 2.05) is 30.3 Å². The Morgan fingerprint density at radius 1 is 1.14 bits per heavy atom. The molecule has 2 aromatic carbocycles. The van der Waals surface area contributed by atoms with E-state index in [4.69, 9.17) is 4.74 Å². The molecule has 1 N–H and O–H groups in total. The van der Waals surface area contributed by atoms with Crippen LogP contribution in [0.1, 0.15) is 23.1 Å². The number of aliphatic hydroxyl groups excluding tert-OH is 1. The van der Waals surface area contributed by atoms with E-state index < -0.39 is 0 Å². The first-order chi connectivity index (χ1) is 10.1. The highest BCUT2D eigenvalue weighted by Crippen LogP contribution is 2.24. The number of halogens is 1. The van der Waals surface area contributed by atoms with Crippen LogP contribution in [0.5, 0.6) is 5.75 Å². The maximum atomic E-state index is 10.3. The van der Waals surface area contributed by atoms with Crippen LogP contribution in [0.3, 0.4) is 0 Å². The number of hydrogen-bond donors (Lipinski definition) is 1. The van der Waals surface area contributed by atoms with Gasteiger partial charge in [-0.25, -0.2) is 0 Å². The fourth-order valence-electron chi connectivity index (χ4n) is 2.40. The molecule has 112 valence electrons. The topological polar surface area (TPSA) is 29.5 Å². The maximum absolute atomic E-state index is 10.3. The Balaban J connectivity index is 1.96. The van der Waals surface area contributed by atoms with Crippen LogP contribution in [0, 0.1) is 6.92 Å². The van der Waals surface area contributed by atoms with Gasteiger partial charge in [-0.2, -0.15) is 0 Å². The fourth-order valence-corrected chi connectivity index (χ4v) is 2.81. The lowest BCUT2D eigenvalue weighted by Gasteiger charge is -2.14. The molecule has 2 aromatic rings. The summed E-state index contributed by atoms with van der Waals surface area (Å²) in [5, 5.41) is 10.3. The van der Waals surface area contributed by atoms with Gasteiger partial charge in [0.05, 0.1) is 13.2 Å². The van der Waals surface area contributed by atoms with E-state index in [-0.39, 0.29) is 6.10 Å². The molecule has 0 heterocycles. The van der Waals surface area contributed by atoms with Crippen LogP contribution in [-0.4, -0.2) is 18.3 Å². The lowest BCUT2D eigenvalue weighted by atomic mass is 9.99. The van der Waals surface area contributed by atoms with Crippen LogP contribution < -0.4 is 4.74 Å². The number of ether oxygens (including phenoxy) is 1. The zero-order valence-electron chi connectivity index (χ0n) is 12.5. The van der Waals surface area contributed by atoms with E-state index in [0.717, 1.165) is 28.6 Å². The molecule has 0 aliphatic heterocycles. The highest BCUT2D eigenvalue weighted by molar-refractivity contribution is 9.10. The Bertz CT molecular complexity index is 596. The maximum Gasteiger partial charge on any atom is 0.119 e. The number of rotatable bonds is 6. The van der Waals surface area contributed by atoms with Crippen LogP contribution >= 0.6 is 15.9 Å². The van der Waals surface area contributed by atoms with Crippen LogP contribution in [-0.2, 0) is 12.8 Å². The highest BCUT2D eigenvalue weighted by atomic mass is 79.9. The number of methoxy groups -OCH3 is 1. The second-order valence-corrected chi connectivity index (χ2v) is 6.13. The van der Waals surface area contributed by atoms with E-state index in [2.05, 4.69) is 35.0 Å². The number of aliphatic hydroxyl groups is 1. The predicted octanol–water partition coefficient (Wildman–Crippen LogP) is 4.30. The second-order valence-electron chi connectivity index (χ2n) is 5.28. The van der Waals surface area contributed by atoms with E-state index in [1.165, 1.54) is 11.1 Å². The van der Waals surface area contributed by atoms with Crippen molar-refractivity contribution >= 4 is 15.9 Å². The van der Waals surface area contributed by atoms with Gasteiger partial charge in [-0.15, -0.1) is 0 Å². The standard InChI is InChI=1S/C18H21BrO2/c1-13-5-3-4-6-14(13)7-8-16(20)11-15-12-17(21-2)9-10-18(15)19/h3-6,9-10,12,16,20H,7-8,11H2,1-2H3. The fraction of sp³-hybridized carbons (Fsp3) is 0.333. The molecule has 0 amide bonds. The summed E-state index contributed by atoms with van der Waals surface area (Å²) >= 11 is 3.53. The van der Waals surface area contributed by atoms with E-state index in [9.17, 15) is 5.11 Å². The Labute approximate surface area is 134 Å². The van der Waals surface area contributed by atoms with Crippen LogP contribution in [0.15, 0.2) is 46.9 Å². The monoisotopic (exact) mass is 348 g/mol. The molecule has 0 saturated carbocycles. The molecule has 1 unspecified atom stereocenters. The van der Waals surface area contributed by atoms with Crippen molar-refractivity contribution in [3.63, 3.8) is 0 Å². The Morgan fingerprint density at radius 2 is 1.90 bits per heavy atom. The molecule has 2 rings (SSSR count). The smallest absolute Gasteiger partial charge is 0.119 e. The van der Waals surface area contributed by atoms with Crippen molar-refractivity contribution < 1.29 is 9.84 Å². The molecule has 1 atom stereocenters. The largest absolute Gasteiger partial charge is 0.497 e. The van der Waals surface area contributed by atoms with Crippen molar-refractivity contribution in [2.75, 3.05) is 7.11 Å². The summed E-state index contributed by atoms with van der Waals surface area (Å²) in [5.41, 5.74) is 3.67. The molecule has 3 heteroatoms. The van der Waals surface area contributed by atoms with Crippen LogP contribution in [0.4, 0.5) is 0 Å². The minimum atomic E-state index is -0.354. The summed E-state index contributed by atoms with van der Waals surface area (Å²) < 4.78 is 6.25. The first-order valence-corrected chi connectivity index (χ1v) is 7.94. The number of aryl methyl sites for hydroxylation is 2. The van der Waals surface area contributed by atoms with Crippen LogP contribution in [0.25, 0.3) is 0 Å². The third-order valence-corrected chi connectivity index (χ3v) is 4.49. The molecule has 0 saturated heterocycles. The summed E-state index contributed by atoms with van der Waals surface area (Å²) in [7, 11) is 1.65. The molecule has 0 radical (unpaired) electrons. The average Bonchev–Trinajstić information content (AvgIpc) is 2.48. The Hall–Kier alpha value is -1.32. The lowest BCUT2D eigenvalue weighted by molar-refractivity contribution is 0.165. The quantitative estimate of drug-likeness (QED) is 0.843. The molecule has 2 nitrogen and oxygen atoms in total. The van der Waals surface area contributed by atoms with Crippen LogP contribution in [0.2, 0.25) is 0 Å². The zero-order valence-corrected chi connectivity index (χ0v) is 14.1. The van der Waals surface area contributed by atoms with Gasteiger partial charge in [-0.1, -0.05) is 40.2 Å². The predicted molar refractivity (Wildman–Crippen MR) is 89.9 cm³/mol. The SMILES string of the molecule is COc1ccc(Br)c(CC(O)CCc2ccccc2C)c1. The summed E-state index contributed by atoms with van der Waals surface area (Å²) in [6.07, 6.45) is 1.93. The molecule has 21 heavy (non-hydrogen) atoms. The van der Waals surface area contributed by atoms with Gasteiger partial charge in [-0.3, -0.25) is 0 Å². The van der Waals surface area contributed by atoms with Gasteiger partial charge in [0.2, 0.25) is 0 Å². The van der Waals surface area contributed by atoms with Crippen molar-refractivity contribution in [1.82, 2.24) is 0 Å². The van der Waals surface area contributed by atoms with Gasteiger partial charge < -0.3 is 9.84 Å². The third kappa shape index (κ3) is 4.58. The summed E-state index contributed by atoms with van der Waals surface area (Å²) in [5.74, 6) is 0.819. The Morgan fingerprint density at radius 3 is 2.62 bits per heavy atom. The van der Waals surface area contributed by atoms with E-state index in [0.29, 0.717) is 6.42 Å². The van der Waals surface area contributed by atoms with Crippen molar-refractivity contribution in [1.29, 1.82) is 0 Å². The number of hydrogen-bond acceptors (Lipinski definition) is 2. The van der Waals surface area contributed by atoms with Gasteiger partial charge >= 0.3 is 0 Å². The molecular formula is C18H21BrO2. The lowest BCUT2D eigenvalue weighted by Crippen LogP contribution is -2.12. The molecule has 0 aromatic heterocycles. The van der Waals surface area contributed by atoms with Gasteiger partial charge in [0.15, 0.2) is 0 Å². The van der Waals surface area contributed by atoms with Gasteiger partial charge in [-0.05, 0) is 61.1 Å². The summed E-state index contributed by atoms with van der Waals surface area (Å²) in [6, 6.07) is 14.2. The van der Waals surface area contributed by atoms with Gasteiger partial charge in [0.25, 0.3) is 0 Å². The minimum Gasteiger partial charge on any atom is -0.497 e. The molecule has 0 bridgehead atoms. The minimum absolute atomic E-state index is 0.354. The second kappa shape index (κ2) is 7.62. The molecule has 0 aliphatic rings. The average molecular weight is 349 g/mol. The first-order valence-electron chi connectivity index (χ1n) is 7.15. The molecule has 0 spiro atoms. The molecule has 0 aliphatic carbocycles. The summed E-state index contributed by atoms with van der Waals surface area (Å²) in [6.45, 7) is 2.11. The van der Waals surface area contributed by atoms with Crippen molar-refractivity contribution in [3.8, 4) is 5.75 Å². The van der Waals surface area contributed by atoms with Crippen molar-refractivity contribution in [3.05, 3.63) is 63.6 Å². The Kier molecular flexibility index (Phi) is 5.83. The van der Waals surface area contributed by atoms with Gasteiger partial charge in [0, 0.05) is 4.47 Å². The van der Waals surface area contributed by atoms with Crippen molar-refractivity contribution in [2.45, 2.75) is 32.3 Å². The summed E-state index contributed by atoms with van der Waals surface area (Å²) in [4.78, 5) is 0. The molecular weight excluding hydrogens is 328 g/mol. The van der Waals surface area contributed by atoms with E-state index >= 15 is 0 Å².